The zero-order valence-corrected chi connectivity index (χ0v) is 10.6. The van der Waals surface area contributed by atoms with E-state index in [0.29, 0.717) is 5.69 Å². The van der Waals surface area contributed by atoms with E-state index in [1.165, 1.54) is 6.07 Å². The molecular formula is C12H14F2N2S. The molecule has 17 heavy (non-hydrogen) atoms. The molecule has 0 saturated carbocycles. The van der Waals surface area contributed by atoms with Crippen LogP contribution in [0.1, 0.15) is 13.8 Å². The molecule has 0 amide bonds. The lowest BCUT2D eigenvalue weighted by atomic mass is 9.97. The van der Waals surface area contributed by atoms with Gasteiger partial charge in [-0.2, -0.15) is 0 Å². The van der Waals surface area contributed by atoms with Gasteiger partial charge in [0.05, 0.1) is 0 Å². The van der Waals surface area contributed by atoms with Crippen LogP contribution in [-0.4, -0.2) is 17.5 Å². The molecule has 1 heterocycles. The number of nitrogens with zero attached hydrogens (tertiary/aromatic N) is 1. The Morgan fingerprint density at radius 2 is 2.06 bits per heavy atom. The fourth-order valence-electron chi connectivity index (χ4n) is 1.41. The van der Waals surface area contributed by atoms with Gasteiger partial charge in [0.1, 0.15) is 0 Å². The lowest BCUT2D eigenvalue weighted by Crippen LogP contribution is -2.27. The molecular weight excluding hydrogens is 242 g/mol. The van der Waals surface area contributed by atoms with Crippen LogP contribution in [0.3, 0.4) is 0 Å². The highest BCUT2D eigenvalue weighted by atomic mass is 32.2. The summed E-state index contributed by atoms with van der Waals surface area (Å²) in [6.45, 7) is 5.04. The van der Waals surface area contributed by atoms with E-state index >= 15 is 0 Å². The summed E-state index contributed by atoms with van der Waals surface area (Å²) in [6, 6.07) is 3.75. The molecule has 0 fully saturated rings. The van der Waals surface area contributed by atoms with Gasteiger partial charge in [-0.1, -0.05) is 25.6 Å². The molecule has 1 aromatic rings. The number of halogens is 2. The first kappa shape index (κ1) is 12.4. The molecule has 2 rings (SSSR count). The first-order valence-electron chi connectivity index (χ1n) is 5.36. The van der Waals surface area contributed by atoms with Gasteiger partial charge in [-0.3, -0.25) is 4.99 Å². The molecule has 0 spiro atoms. The summed E-state index contributed by atoms with van der Waals surface area (Å²) in [6.07, 6.45) is 0. The summed E-state index contributed by atoms with van der Waals surface area (Å²) in [5.74, 6) is -0.727. The Bertz CT molecular complexity index is 458. The van der Waals surface area contributed by atoms with Crippen LogP contribution in [0.25, 0.3) is 0 Å². The molecule has 0 bridgehead atoms. The van der Waals surface area contributed by atoms with Crippen molar-refractivity contribution < 1.29 is 8.78 Å². The smallest absolute Gasteiger partial charge is 0.161 e. The van der Waals surface area contributed by atoms with Crippen molar-refractivity contribution in [3.63, 3.8) is 0 Å². The summed E-state index contributed by atoms with van der Waals surface area (Å²) >= 11 is 1.60. The first-order valence-corrected chi connectivity index (χ1v) is 6.34. The van der Waals surface area contributed by atoms with Crippen LogP contribution in [0.15, 0.2) is 23.2 Å². The zero-order chi connectivity index (χ0) is 12.5. The lowest BCUT2D eigenvalue weighted by molar-refractivity contribution is 0.438. The molecule has 5 heteroatoms. The van der Waals surface area contributed by atoms with Gasteiger partial charge in [0.25, 0.3) is 0 Å². The summed E-state index contributed by atoms with van der Waals surface area (Å²) in [7, 11) is 0. The molecule has 0 aliphatic carbocycles. The minimum Gasteiger partial charge on any atom is -0.335 e. The fraction of sp³-hybridized carbons (Fsp3) is 0.417. The third-order valence-corrected chi connectivity index (χ3v) is 3.85. The Kier molecular flexibility index (Phi) is 3.38. The van der Waals surface area contributed by atoms with Gasteiger partial charge in [-0.05, 0) is 17.5 Å². The SMILES string of the molecule is CC1(C)CN=C(Nc2ccc(F)c(F)c2)SC1. The van der Waals surface area contributed by atoms with E-state index in [1.54, 1.807) is 11.8 Å². The second-order valence-corrected chi connectivity index (χ2v) is 5.79. The Labute approximate surface area is 104 Å². The Morgan fingerprint density at radius 1 is 1.29 bits per heavy atom. The van der Waals surface area contributed by atoms with Crippen LogP contribution in [0.5, 0.6) is 0 Å². The lowest BCUT2D eigenvalue weighted by Gasteiger charge is -2.27. The molecule has 0 unspecified atom stereocenters. The van der Waals surface area contributed by atoms with E-state index in [4.69, 9.17) is 0 Å². The highest BCUT2D eigenvalue weighted by molar-refractivity contribution is 8.14. The number of benzene rings is 1. The molecule has 0 atom stereocenters. The predicted octanol–water partition coefficient (Wildman–Crippen LogP) is 3.51. The van der Waals surface area contributed by atoms with Crippen LogP contribution in [-0.2, 0) is 0 Å². The zero-order valence-electron chi connectivity index (χ0n) is 9.76. The monoisotopic (exact) mass is 256 g/mol. The van der Waals surface area contributed by atoms with Gasteiger partial charge in [0.15, 0.2) is 16.8 Å². The second-order valence-electron chi connectivity index (χ2n) is 4.83. The van der Waals surface area contributed by atoms with E-state index in [2.05, 4.69) is 24.2 Å². The topological polar surface area (TPSA) is 24.4 Å². The van der Waals surface area contributed by atoms with Crippen molar-refractivity contribution >= 4 is 22.6 Å². The van der Waals surface area contributed by atoms with Crippen molar-refractivity contribution in [2.24, 2.45) is 10.4 Å². The van der Waals surface area contributed by atoms with Crippen molar-refractivity contribution in [1.29, 1.82) is 0 Å². The predicted molar refractivity (Wildman–Crippen MR) is 68.5 cm³/mol. The molecule has 0 saturated heterocycles. The van der Waals surface area contributed by atoms with E-state index in [-0.39, 0.29) is 5.41 Å². The Hall–Kier alpha value is -1.10. The molecule has 1 aliphatic heterocycles. The summed E-state index contributed by atoms with van der Waals surface area (Å²) in [5, 5.41) is 3.75. The average molecular weight is 256 g/mol. The van der Waals surface area contributed by atoms with Crippen LogP contribution in [0.4, 0.5) is 14.5 Å². The first-order chi connectivity index (χ1) is 7.96. The molecule has 2 nitrogen and oxygen atoms in total. The molecule has 92 valence electrons. The molecule has 0 radical (unpaired) electrons. The number of hydrogen-bond donors (Lipinski definition) is 1. The number of amidine groups is 1. The number of anilines is 1. The van der Waals surface area contributed by atoms with Crippen LogP contribution >= 0.6 is 11.8 Å². The normalized spacial score (nSPS) is 18.7. The summed E-state index contributed by atoms with van der Waals surface area (Å²) in [4.78, 5) is 4.38. The van der Waals surface area contributed by atoms with Gasteiger partial charge in [0.2, 0.25) is 0 Å². The largest absolute Gasteiger partial charge is 0.335 e. The van der Waals surface area contributed by atoms with Gasteiger partial charge >= 0.3 is 0 Å². The van der Waals surface area contributed by atoms with Gasteiger partial charge in [0, 0.05) is 24.1 Å². The number of aliphatic imine (C=N–C) groups is 1. The third-order valence-electron chi connectivity index (χ3n) is 2.42. The summed E-state index contributed by atoms with van der Waals surface area (Å²) in [5.41, 5.74) is 0.721. The van der Waals surface area contributed by atoms with Crippen molar-refractivity contribution in [1.82, 2.24) is 0 Å². The van der Waals surface area contributed by atoms with E-state index in [0.717, 1.165) is 29.6 Å². The Morgan fingerprint density at radius 3 is 2.65 bits per heavy atom. The highest BCUT2D eigenvalue weighted by Crippen LogP contribution is 2.28. The molecule has 1 aromatic carbocycles. The van der Waals surface area contributed by atoms with Crippen molar-refractivity contribution in [2.45, 2.75) is 13.8 Å². The highest BCUT2D eigenvalue weighted by Gasteiger charge is 2.23. The minimum atomic E-state index is -0.850. The van der Waals surface area contributed by atoms with Gasteiger partial charge < -0.3 is 5.32 Å². The van der Waals surface area contributed by atoms with Crippen LogP contribution < -0.4 is 5.32 Å². The van der Waals surface area contributed by atoms with E-state index < -0.39 is 11.6 Å². The minimum absolute atomic E-state index is 0.198. The molecule has 0 aromatic heterocycles. The number of thioether (sulfide) groups is 1. The van der Waals surface area contributed by atoms with Gasteiger partial charge in [-0.15, -0.1) is 0 Å². The standard InChI is InChI=1S/C12H14F2N2S/c1-12(2)6-15-11(17-7-12)16-8-3-4-9(13)10(14)5-8/h3-5H,6-7H2,1-2H3,(H,15,16). The molecule has 1 aliphatic rings. The molecule has 1 N–H and O–H groups in total. The second kappa shape index (κ2) is 4.64. The van der Waals surface area contributed by atoms with Crippen LogP contribution in [0, 0.1) is 17.0 Å². The third kappa shape index (κ3) is 3.19. The maximum atomic E-state index is 13.0. The van der Waals surface area contributed by atoms with Crippen molar-refractivity contribution in [3.8, 4) is 0 Å². The number of rotatable bonds is 1. The number of nitrogens with one attached hydrogen (secondary N) is 1. The quantitative estimate of drug-likeness (QED) is 0.831. The maximum Gasteiger partial charge on any atom is 0.161 e. The maximum absolute atomic E-state index is 13.0. The van der Waals surface area contributed by atoms with Crippen LogP contribution in [0.2, 0.25) is 0 Å². The number of hydrogen-bond acceptors (Lipinski definition) is 3. The van der Waals surface area contributed by atoms with Gasteiger partial charge in [-0.25, -0.2) is 8.78 Å². The Balaban J connectivity index is 2.07. The van der Waals surface area contributed by atoms with E-state index in [9.17, 15) is 8.78 Å². The van der Waals surface area contributed by atoms with Crippen molar-refractivity contribution in [2.75, 3.05) is 17.6 Å². The van der Waals surface area contributed by atoms with E-state index in [1.807, 2.05) is 0 Å². The van der Waals surface area contributed by atoms with Crippen molar-refractivity contribution in [3.05, 3.63) is 29.8 Å². The fourth-order valence-corrected chi connectivity index (χ4v) is 2.38. The summed E-state index contributed by atoms with van der Waals surface area (Å²) < 4.78 is 25.7. The average Bonchev–Trinajstić information content (AvgIpc) is 2.27.